The van der Waals surface area contributed by atoms with Gasteiger partial charge in [0, 0.05) is 76.1 Å². The molecular formula is C63H93N21O13. The van der Waals surface area contributed by atoms with Gasteiger partial charge in [0.25, 0.3) is 0 Å². The van der Waals surface area contributed by atoms with Gasteiger partial charge in [-0.15, -0.1) is 0 Å². The lowest BCUT2D eigenvalue weighted by atomic mass is 10.00. The molecule has 20 N–H and O–H groups in total. The molecule has 2 saturated heterocycles. The van der Waals surface area contributed by atoms with E-state index >= 15 is 0 Å². The first-order valence-corrected chi connectivity index (χ1v) is 32.5. The van der Waals surface area contributed by atoms with Gasteiger partial charge in [0.1, 0.15) is 66.2 Å². The van der Waals surface area contributed by atoms with E-state index in [-0.39, 0.29) is 120 Å². The van der Waals surface area contributed by atoms with Crippen LogP contribution >= 0.6 is 0 Å². The van der Waals surface area contributed by atoms with Crippen LogP contribution in [0.5, 0.6) is 5.75 Å². The molecule has 97 heavy (non-hydrogen) atoms. The Labute approximate surface area is 561 Å². The number of aliphatic hydroxyl groups excluding tert-OH is 1. The number of nitrogens with zero attached hydrogens (tertiary/aromatic N) is 6. The van der Waals surface area contributed by atoms with Crippen LogP contribution in [0.25, 0.3) is 0 Å². The van der Waals surface area contributed by atoms with Crippen LogP contribution in [0.2, 0.25) is 0 Å². The third kappa shape index (κ3) is 26.3. The summed E-state index contributed by atoms with van der Waals surface area (Å²) in [5.74, 6) is -9.01. The summed E-state index contributed by atoms with van der Waals surface area (Å²) in [5, 5.41) is 59.7. The first-order chi connectivity index (χ1) is 46.4. The predicted octanol–water partition coefficient (Wildman–Crippen LogP) is -3.73. The minimum Gasteiger partial charge on any atom is -0.508 e. The van der Waals surface area contributed by atoms with Crippen molar-refractivity contribution >= 4 is 76.9 Å². The number of H-pyrrole nitrogens is 1. The number of aliphatic hydroxyl groups is 1. The first kappa shape index (κ1) is 77.2. The second-order valence-corrected chi connectivity index (χ2v) is 24.1. The highest BCUT2D eigenvalue weighted by molar-refractivity contribution is 5.99. The predicted molar refractivity (Wildman–Crippen MR) is 353 cm³/mol. The number of aromatic nitrogens is 3. The van der Waals surface area contributed by atoms with E-state index in [0.29, 0.717) is 36.2 Å². The molecule has 0 aliphatic carbocycles. The number of likely N-dealkylation sites (tertiary alicyclic amines) is 1. The van der Waals surface area contributed by atoms with Gasteiger partial charge < -0.3 is 90.5 Å². The number of nitrogens with two attached hydrogens (primary N) is 3. The Kier molecular flexibility index (Phi) is 31.9. The molecule has 4 heterocycles. The van der Waals surface area contributed by atoms with Crippen molar-refractivity contribution in [2.24, 2.45) is 33.1 Å². The average molecular weight is 1350 g/mol. The topological polar surface area (TPSA) is 532 Å². The molecule has 0 radical (unpaired) electrons. The van der Waals surface area contributed by atoms with Gasteiger partial charge in [-0.2, -0.15) is 5.26 Å². The molecule has 0 unspecified atom stereocenters. The summed E-state index contributed by atoms with van der Waals surface area (Å²) in [7, 11) is 0. The summed E-state index contributed by atoms with van der Waals surface area (Å²) in [6, 6.07) is -4.53. The maximum Gasteiger partial charge on any atom is 0.245 e. The van der Waals surface area contributed by atoms with Crippen LogP contribution in [0.15, 0.2) is 71.3 Å². The fourth-order valence-corrected chi connectivity index (χ4v) is 10.6. The minimum absolute atomic E-state index is 0.00549. The number of phenols is 1. The summed E-state index contributed by atoms with van der Waals surface area (Å²) < 4.78 is 0. The Hall–Kier alpha value is -10.5. The second kappa shape index (κ2) is 40.1. The molecule has 34 nitrogen and oxygen atoms in total. The summed E-state index contributed by atoms with van der Waals surface area (Å²) in [6.45, 7) is 6.79. The van der Waals surface area contributed by atoms with Gasteiger partial charge in [-0.3, -0.25) is 73.0 Å². The van der Waals surface area contributed by atoms with Crippen molar-refractivity contribution in [3.8, 4) is 11.9 Å². The summed E-state index contributed by atoms with van der Waals surface area (Å²) in [4.78, 5) is 174. The number of benzene rings is 1. The van der Waals surface area contributed by atoms with Crippen molar-refractivity contribution in [3.05, 3.63) is 78.1 Å². The van der Waals surface area contributed by atoms with E-state index in [1.807, 2.05) is 13.1 Å². The second-order valence-electron chi connectivity index (χ2n) is 24.1. The molecule has 2 aliphatic heterocycles. The molecule has 2 fully saturated rings. The molecule has 0 saturated carbocycles. The van der Waals surface area contributed by atoms with Crippen LogP contribution in [0.1, 0.15) is 122 Å². The number of primary amides is 1. The quantitative estimate of drug-likeness (QED) is 0.00858. The van der Waals surface area contributed by atoms with Gasteiger partial charge in [-0.1, -0.05) is 45.4 Å². The maximum absolute atomic E-state index is 15.0. The van der Waals surface area contributed by atoms with E-state index < -0.39 is 126 Å². The van der Waals surface area contributed by atoms with Gasteiger partial charge in [-0.25, -0.2) is 4.98 Å². The van der Waals surface area contributed by atoms with Gasteiger partial charge >= 0.3 is 0 Å². The first-order valence-electron chi connectivity index (χ1n) is 32.5. The van der Waals surface area contributed by atoms with Crippen molar-refractivity contribution in [2.45, 2.75) is 184 Å². The highest BCUT2D eigenvalue weighted by atomic mass is 16.3. The van der Waals surface area contributed by atoms with E-state index in [0.717, 1.165) is 12.8 Å². The third-order valence-electron chi connectivity index (χ3n) is 15.9. The molecule has 11 amide bonds. The molecule has 34 heteroatoms. The van der Waals surface area contributed by atoms with Crippen LogP contribution in [-0.2, 0) is 72.0 Å². The van der Waals surface area contributed by atoms with Crippen LogP contribution in [0.4, 0.5) is 0 Å². The number of aliphatic imine (C=N–C) groups is 2. The number of hydrogen-bond acceptors (Lipinski definition) is 18. The standard InChI is InChI=1S/C63H93N21O13/c1-5-6-23-71-63(73-34-64)72-24-8-7-13-42(53(89)79-45(27-36(2)3)55(91)78-44(14-10-25-70-62(66)67)61(97)84-26-11-15-50(84)60(96)75-37(4)52(65)88)77-56(92)46(28-38-16-18-41(86)19-17-38)81-59(95)49(33-85)83-57(93)47(29-39-12-9-22-68-31-39)80-58(94)48(30-40-32-69-35-74-40)82-54(90)43-20-21-51(87)76-43/h9,12,16-19,22,31-32,35-37,42-50,85-86H,5-8,10-11,13-15,20-21,23-30,33H2,1-4H3,(H2,65,88)(H,69,74)(H,75,96)(H,76,87)(H,77,92)(H,78,91)(H,79,89)(H,80,94)(H,81,95)(H,82,90)(H,83,93)(H4,66,67,70)(H2,71,72,73)/t37-,42-,43+,44+,45+,46+,47-,48+,49+,50+/m1/s1. The number of pyridine rings is 1. The zero-order valence-electron chi connectivity index (χ0n) is 55.1. The normalized spacial score (nSPS) is 16.8. The van der Waals surface area contributed by atoms with E-state index in [1.54, 1.807) is 26.0 Å². The van der Waals surface area contributed by atoms with E-state index in [1.165, 1.54) is 61.0 Å². The minimum atomic E-state index is -1.81. The molecule has 10 atom stereocenters. The highest BCUT2D eigenvalue weighted by Crippen LogP contribution is 2.21. The molecule has 2 aliphatic rings. The number of phenolic OH excluding ortho intramolecular Hbond substituents is 1. The average Bonchev–Trinajstić information content (AvgIpc) is 1.72. The fraction of sp³-hybridized carbons (Fsp3) is 0.556. The number of rotatable bonds is 39. The maximum atomic E-state index is 15.0. The number of nitrogens with one attached hydrogen (secondary N) is 12. The van der Waals surface area contributed by atoms with Crippen molar-refractivity contribution in [1.82, 2.24) is 78.3 Å². The molecule has 528 valence electrons. The summed E-state index contributed by atoms with van der Waals surface area (Å²) in [6.07, 6.45) is 10.1. The Morgan fingerprint density at radius 2 is 1.30 bits per heavy atom. The zero-order valence-corrected chi connectivity index (χ0v) is 55.1. The van der Waals surface area contributed by atoms with Gasteiger partial charge in [0.05, 0.1) is 12.9 Å². The molecule has 1 aromatic carbocycles. The number of aromatic hydroxyl groups is 1. The lowest BCUT2D eigenvalue weighted by Gasteiger charge is -2.31. The van der Waals surface area contributed by atoms with Gasteiger partial charge in [0.15, 0.2) is 12.2 Å². The largest absolute Gasteiger partial charge is 0.508 e. The Morgan fingerprint density at radius 1 is 0.691 bits per heavy atom. The van der Waals surface area contributed by atoms with E-state index in [2.05, 4.69) is 83.4 Å². The molecular weight excluding hydrogens is 1260 g/mol. The third-order valence-corrected chi connectivity index (χ3v) is 15.9. The van der Waals surface area contributed by atoms with Crippen LogP contribution in [0, 0.1) is 17.4 Å². The fourth-order valence-electron chi connectivity index (χ4n) is 10.6. The molecule has 0 bridgehead atoms. The number of hydrogen-bond donors (Lipinski definition) is 17. The van der Waals surface area contributed by atoms with Gasteiger partial charge in [-0.05, 0) is 106 Å². The van der Waals surface area contributed by atoms with Gasteiger partial charge in [0.2, 0.25) is 70.9 Å². The number of imidazole rings is 1. The Balaban J connectivity index is 1.44. The zero-order chi connectivity index (χ0) is 71.0. The molecule has 2 aromatic heterocycles. The SMILES string of the molecule is CCCCNC(=NCCCC[C@@H](NC(=O)[C@H](Cc1ccc(O)cc1)NC(=O)[C@H](CO)NC(=O)[C@@H](Cc1cccnc1)NC(=O)[C@H](Cc1cnc[nH]1)NC(=O)[C@@H]1CCC(=O)N1)C(=O)N[C@@H](CC(C)C)C(=O)N[C@@H](CCCN=C(N)N)C(=O)N1CCC[C@H]1C(=O)N[C@H](C)C(N)=O)NC#N. The number of carbonyl (C=O) groups is 11. The Morgan fingerprint density at radius 3 is 1.90 bits per heavy atom. The van der Waals surface area contributed by atoms with Crippen molar-refractivity contribution in [2.75, 3.05) is 32.8 Å². The van der Waals surface area contributed by atoms with Crippen molar-refractivity contribution in [3.63, 3.8) is 0 Å². The van der Waals surface area contributed by atoms with Crippen LogP contribution in [-0.4, -0.2) is 200 Å². The summed E-state index contributed by atoms with van der Waals surface area (Å²) in [5.41, 5.74) is 17.8. The molecule has 3 aromatic rings. The number of carbonyl (C=O) groups excluding carboxylic acids is 11. The van der Waals surface area contributed by atoms with Crippen LogP contribution < -0.4 is 75.7 Å². The molecule has 5 rings (SSSR count). The number of nitriles is 1. The lowest BCUT2D eigenvalue weighted by Crippen LogP contribution is -2.61. The van der Waals surface area contributed by atoms with Crippen LogP contribution in [0.3, 0.4) is 0 Å². The van der Waals surface area contributed by atoms with Crippen molar-refractivity contribution < 1.29 is 63.0 Å². The highest BCUT2D eigenvalue weighted by Gasteiger charge is 2.40. The Bertz CT molecular complexity index is 3230. The lowest BCUT2D eigenvalue weighted by molar-refractivity contribution is -0.142. The van der Waals surface area contributed by atoms with E-state index in [9.17, 15) is 68.2 Å². The molecule has 0 spiro atoms. The number of amides is 11. The number of guanidine groups is 2. The number of unbranched alkanes of at least 4 members (excludes halogenated alkanes) is 2. The monoisotopic (exact) mass is 1350 g/mol. The van der Waals surface area contributed by atoms with Crippen molar-refractivity contribution in [1.29, 1.82) is 5.26 Å². The number of aromatic amines is 1. The smallest absolute Gasteiger partial charge is 0.245 e. The summed E-state index contributed by atoms with van der Waals surface area (Å²) >= 11 is 0. The van der Waals surface area contributed by atoms with E-state index in [4.69, 9.17) is 17.2 Å².